The summed E-state index contributed by atoms with van der Waals surface area (Å²) in [4.78, 5) is 16.1. The molecule has 0 saturated heterocycles. The molecule has 2 N–H and O–H groups in total. The van der Waals surface area contributed by atoms with Crippen molar-refractivity contribution < 1.29 is 9.90 Å². The fourth-order valence-corrected chi connectivity index (χ4v) is 3.41. The molecule has 1 aromatic heterocycles. The Kier molecular flexibility index (Phi) is 3.54. The number of benzene rings is 2. The minimum absolute atomic E-state index is 0.229. The zero-order valence-electron chi connectivity index (χ0n) is 10.3. The molecule has 0 fully saturated rings. The Labute approximate surface area is 128 Å². The second-order valence-corrected chi connectivity index (χ2v) is 6.24. The van der Waals surface area contributed by atoms with E-state index in [4.69, 9.17) is 0 Å². The van der Waals surface area contributed by atoms with Crippen LogP contribution >= 0.6 is 27.7 Å². The average Bonchev–Trinajstić information content (AvgIpc) is 2.78. The van der Waals surface area contributed by atoms with E-state index in [1.54, 1.807) is 0 Å². The van der Waals surface area contributed by atoms with Gasteiger partial charge in [-0.2, -0.15) is 0 Å². The Balaban J connectivity index is 2.18. The lowest BCUT2D eigenvalue weighted by Gasteiger charge is -2.02. The third-order valence-electron chi connectivity index (χ3n) is 2.89. The molecule has 0 atom stereocenters. The largest absolute Gasteiger partial charge is 0.477 e. The number of aromatic amines is 1. The van der Waals surface area contributed by atoms with Gasteiger partial charge in [-0.15, -0.1) is 0 Å². The van der Waals surface area contributed by atoms with Crippen LogP contribution < -0.4 is 0 Å². The van der Waals surface area contributed by atoms with Crippen LogP contribution in [0.15, 0.2) is 62.8 Å². The van der Waals surface area contributed by atoms with Crippen molar-refractivity contribution in [3.63, 3.8) is 0 Å². The summed E-state index contributed by atoms with van der Waals surface area (Å²) < 4.78 is 0.927. The van der Waals surface area contributed by atoms with Crippen LogP contribution in [0.25, 0.3) is 10.9 Å². The summed E-state index contributed by atoms with van der Waals surface area (Å²) >= 11 is 4.88. The second-order valence-electron chi connectivity index (χ2n) is 4.24. The smallest absolute Gasteiger partial charge is 0.353 e. The summed E-state index contributed by atoms with van der Waals surface area (Å²) in [6, 6.07) is 15.4. The standard InChI is InChI=1S/C15H10BrNO2S/c16-9-6-7-12-11(8-9)14(13(17-12)15(18)19)20-10-4-2-1-3-5-10/h1-8,17H,(H,18,19). The van der Waals surface area contributed by atoms with E-state index in [0.717, 1.165) is 25.2 Å². The van der Waals surface area contributed by atoms with Crippen LogP contribution in [0.2, 0.25) is 0 Å². The highest BCUT2D eigenvalue weighted by molar-refractivity contribution is 9.10. The molecule has 0 aliphatic carbocycles. The number of nitrogens with one attached hydrogen (secondary N) is 1. The lowest BCUT2D eigenvalue weighted by atomic mass is 10.2. The van der Waals surface area contributed by atoms with E-state index in [-0.39, 0.29) is 5.69 Å². The van der Waals surface area contributed by atoms with Crippen LogP contribution in [0.3, 0.4) is 0 Å². The quantitative estimate of drug-likeness (QED) is 0.716. The predicted molar refractivity (Wildman–Crippen MR) is 83.5 cm³/mol. The lowest BCUT2D eigenvalue weighted by Crippen LogP contribution is -1.97. The van der Waals surface area contributed by atoms with E-state index in [2.05, 4.69) is 20.9 Å². The van der Waals surface area contributed by atoms with E-state index in [1.807, 2.05) is 48.5 Å². The van der Waals surface area contributed by atoms with Gasteiger partial charge in [0.05, 0.1) is 4.90 Å². The molecule has 0 aliphatic rings. The summed E-state index contributed by atoms with van der Waals surface area (Å²) in [7, 11) is 0. The number of carbonyl (C=O) groups is 1. The minimum atomic E-state index is -0.948. The molecule has 5 heteroatoms. The predicted octanol–water partition coefficient (Wildman–Crippen LogP) is 4.78. The van der Waals surface area contributed by atoms with Crippen molar-refractivity contribution in [1.82, 2.24) is 4.98 Å². The van der Waals surface area contributed by atoms with E-state index >= 15 is 0 Å². The molecule has 1 heterocycles. The number of carboxylic acids is 1. The normalized spacial score (nSPS) is 10.8. The van der Waals surface area contributed by atoms with Crippen LogP contribution in [0.5, 0.6) is 0 Å². The number of aromatic nitrogens is 1. The minimum Gasteiger partial charge on any atom is -0.477 e. The highest BCUT2D eigenvalue weighted by Gasteiger charge is 2.18. The second kappa shape index (κ2) is 5.34. The van der Waals surface area contributed by atoms with Crippen LogP contribution in [-0.4, -0.2) is 16.1 Å². The fraction of sp³-hybridized carbons (Fsp3) is 0. The monoisotopic (exact) mass is 347 g/mol. The summed E-state index contributed by atoms with van der Waals surface area (Å²) in [6.45, 7) is 0. The van der Waals surface area contributed by atoms with E-state index in [1.165, 1.54) is 11.8 Å². The number of rotatable bonds is 3. The Bertz CT molecular complexity index is 783. The molecule has 0 unspecified atom stereocenters. The molecule has 3 nitrogen and oxygen atoms in total. The molecule has 2 aromatic carbocycles. The molecular weight excluding hydrogens is 338 g/mol. The molecule has 3 aromatic rings. The SMILES string of the molecule is O=C(O)c1[nH]c2ccc(Br)cc2c1Sc1ccccc1. The van der Waals surface area contributed by atoms with Gasteiger partial charge in [-0.3, -0.25) is 0 Å². The van der Waals surface area contributed by atoms with Crippen molar-refractivity contribution in [3.8, 4) is 0 Å². The van der Waals surface area contributed by atoms with Gasteiger partial charge >= 0.3 is 5.97 Å². The Morgan fingerprint density at radius 1 is 1.15 bits per heavy atom. The van der Waals surface area contributed by atoms with Crippen LogP contribution in [0, 0.1) is 0 Å². The number of halogens is 1. The van der Waals surface area contributed by atoms with Gasteiger partial charge in [-0.1, -0.05) is 45.9 Å². The van der Waals surface area contributed by atoms with Crippen LogP contribution in [-0.2, 0) is 0 Å². The number of hydrogen-bond acceptors (Lipinski definition) is 2. The topological polar surface area (TPSA) is 53.1 Å². The molecule has 20 heavy (non-hydrogen) atoms. The summed E-state index contributed by atoms with van der Waals surface area (Å²) in [5.74, 6) is -0.948. The van der Waals surface area contributed by atoms with Gasteiger partial charge in [0, 0.05) is 20.3 Å². The Morgan fingerprint density at radius 3 is 2.60 bits per heavy atom. The molecule has 0 saturated carbocycles. The van der Waals surface area contributed by atoms with Gasteiger partial charge in [-0.25, -0.2) is 4.79 Å². The summed E-state index contributed by atoms with van der Waals surface area (Å²) in [5.41, 5.74) is 1.05. The Hall–Kier alpha value is -1.72. The number of carboxylic acid groups (broad SMARTS) is 1. The van der Waals surface area contributed by atoms with Crippen molar-refractivity contribution in [1.29, 1.82) is 0 Å². The molecule has 0 aliphatic heterocycles. The molecule has 0 spiro atoms. The van der Waals surface area contributed by atoms with Gasteiger partial charge in [0.2, 0.25) is 0 Å². The highest BCUT2D eigenvalue weighted by Crippen LogP contribution is 2.37. The number of H-pyrrole nitrogens is 1. The summed E-state index contributed by atoms with van der Waals surface area (Å²) in [6.07, 6.45) is 0. The Morgan fingerprint density at radius 2 is 1.90 bits per heavy atom. The first-order valence-corrected chi connectivity index (χ1v) is 7.53. The molecule has 0 amide bonds. The maximum atomic E-state index is 11.4. The van der Waals surface area contributed by atoms with Crippen molar-refractivity contribution in [3.05, 3.63) is 58.7 Å². The molecular formula is C15H10BrNO2S. The molecule has 0 bridgehead atoms. The zero-order valence-corrected chi connectivity index (χ0v) is 12.7. The maximum absolute atomic E-state index is 11.4. The van der Waals surface area contributed by atoms with Crippen LogP contribution in [0.4, 0.5) is 0 Å². The van der Waals surface area contributed by atoms with E-state index < -0.39 is 5.97 Å². The van der Waals surface area contributed by atoms with Crippen molar-refractivity contribution in [2.75, 3.05) is 0 Å². The first-order valence-electron chi connectivity index (χ1n) is 5.92. The van der Waals surface area contributed by atoms with Gasteiger partial charge in [-0.05, 0) is 30.3 Å². The number of fused-ring (bicyclic) bond motifs is 1. The van der Waals surface area contributed by atoms with Crippen molar-refractivity contribution >= 4 is 44.6 Å². The highest BCUT2D eigenvalue weighted by atomic mass is 79.9. The van der Waals surface area contributed by atoms with Gasteiger partial charge in [0.25, 0.3) is 0 Å². The first kappa shape index (κ1) is 13.3. The fourth-order valence-electron chi connectivity index (χ4n) is 2.00. The molecule has 100 valence electrons. The molecule has 0 radical (unpaired) electrons. The van der Waals surface area contributed by atoms with Crippen molar-refractivity contribution in [2.24, 2.45) is 0 Å². The lowest BCUT2D eigenvalue weighted by molar-refractivity contribution is 0.0688. The molecule has 3 rings (SSSR count). The summed E-state index contributed by atoms with van der Waals surface area (Å²) in [5, 5.41) is 10.3. The van der Waals surface area contributed by atoms with Crippen molar-refractivity contribution in [2.45, 2.75) is 9.79 Å². The number of aromatic carboxylic acids is 1. The van der Waals surface area contributed by atoms with E-state index in [9.17, 15) is 9.90 Å². The van der Waals surface area contributed by atoms with Gasteiger partial charge in [0.1, 0.15) is 5.69 Å². The van der Waals surface area contributed by atoms with E-state index in [0.29, 0.717) is 0 Å². The first-order chi connectivity index (χ1) is 9.65. The van der Waals surface area contributed by atoms with Crippen LogP contribution in [0.1, 0.15) is 10.5 Å². The zero-order chi connectivity index (χ0) is 14.1. The third-order valence-corrected chi connectivity index (χ3v) is 4.52. The average molecular weight is 348 g/mol. The number of hydrogen-bond donors (Lipinski definition) is 2. The van der Waals surface area contributed by atoms with Gasteiger partial charge in [0.15, 0.2) is 0 Å². The third kappa shape index (κ3) is 2.46. The van der Waals surface area contributed by atoms with Gasteiger partial charge < -0.3 is 10.1 Å². The maximum Gasteiger partial charge on any atom is 0.353 e.